The number of hydroxylamine groups is 2. The molecule has 4 aromatic carbocycles. The summed E-state index contributed by atoms with van der Waals surface area (Å²) < 4.78 is 16.3. The molecular formula is C32H22Cl4NO4Sb. The molecule has 0 aliphatic carbocycles. The van der Waals surface area contributed by atoms with Crippen molar-refractivity contribution in [3.05, 3.63) is 129 Å². The number of hydrogen-bond acceptors (Lipinski definition) is 4. The Bertz CT molecular complexity index is 1520. The number of rotatable bonds is 6. The quantitative estimate of drug-likeness (QED) is 0.159. The van der Waals surface area contributed by atoms with Crippen LogP contribution in [0.4, 0.5) is 0 Å². The van der Waals surface area contributed by atoms with Gasteiger partial charge in [0, 0.05) is 0 Å². The monoisotopic (exact) mass is 745 g/mol. The summed E-state index contributed by atoms with van der Waals surface area (Å²) in [5.74, 6) is -2.16. The van der Waals surface area contributed by atoms with Gasteiger partial charge in [0.25, 0.3) is 0 Å². The summed E-state index contributed by atoms with van der Waals surface area (Å²) in [6.07, 6.45) is 2.76. The molecule has 4 aromatic rings. The standard InChI is InChI=1S/C8H6NO4.4C6H4Cl.Sb/c10-7-5-3-1-2-4(13-3)6(5)8(11)9(7)12;4*7-6-4-2-1-3-5-6;/h1-6H;4*2-5H;/q-1;;;;;+1/t3-,4+,5?,6?;;;;;. The van der Waals surface area contributed by atoms with E-state index < -0.39 is 53.7 Å². The van der Waals surface area contributed by atoms with E-state index in [0.717, 1.165) is 19.1 Å². The molecule has 42 heavy (non-hydrogen) atoms. The summed E-state index contributed by atoms with van der Waals surface area (Å²) in [6, 6.07) is 29.5. The van der Waals surface area contributed by atoms with Gasteiger partial charge in [-0.15, -0.1) is 0 Å². The molecule has 2 saturated heterocycles. The molecule has 3 aliphatic rings. The van der Waals surface area contributed by atoms with Crippen molar-refractivity contribution in [2.75, 3.05) is 0 Å². The first-order valence-corrected chi connectivity index (χ1v) is 20.9. The van der Waals surface area contributed by atoms with Gasteiger partial charge >= 0.3 is 266 Å². The third-order valence-electron chi connectivity index (χ3n) is 8.39. The van der Waals surface area contributed by atoms with E-state index in [2.05, 4.69) is 0 Å². The maximum absolute atomic E-state index is 14.2. The molecule has 2 bridgehead atoms. The number of fused-ring (bicyclic) bond motifs is 5. The molecule has 0 radical (unpaired) electrons. The first-order chi connectivity index (χ1) is 20.2. The predicted molar refractivity (Wildman–Crippen MR) is 168 cm³/mol. The number of imide groups is 1. The molecule has 4 atom stereocenters. The van der Waals surface area contributed by atoms with Crippen LogP contribution in [0.25, 0.3) is 0 Å². The zero-order chi connectivity index (χ0) is 29.2. The van der Waals surface area contributed by atoms with E-state index in [-0.39, 0.29) is 0 Å². The van der Waals surface area contributed by atoms with Gasteiger partial charge in [0.1, 0.15) is 0 Å². The van der Waals surface area contributed by atoms with E-state index in [0.29, 0.717) is 20.1 Å². The molecule has 0 spiro atoms. The Labute approximate surface area is 264 Å². The number of carbonyl (C=O) groups excluding carboxylic acids is 2. The van der Waals surface area contributed by atoms with Crippen LogP contribution in [0.3, 0.4) is 0 Å². The van der Waals surface area contributed by atoms with Crippen molar-refractivity contribution < 1.29 is 17.4 Å². The second-order valence-corrected chi connectivity index (χ2v) is 24.5. The molecule has 0 saturated carbocycles. The summed E-state index contributed by atoms with van der Waals surface area (Å²) in [7, 11) is 0. The van der Waals surface area contributed by atoms with Crippen molar-refractivity contribution in [1.29, 1.82) is 0 Å². The summed E-state index contributed by atoms with van der Waals surface area (Å²) >= 11 is 19.9. The third-order valence-corrected chi connectivity index (χ3v) is 25.5. The van der Waals surface area contributed by atoms with Crippen LogP contribution >= 0.6 is 46.4 Å². The molecule has 3 heterocycles. The van der Waals surface area contributed by atoms with Crippen LogP contribution in [0, 0.1) is 11.8 Å². The van der Waals surface area contributed by atoms with Crippen molar-refractivity contribution in [3.8, 4) is 0 Å². The number of amides is 2. The molecule has 5 nitrogen and oxygen atoms in total. The van der Waals surface area contributed by atoms with Gasteiger partial charge in [0.2, 0.25) is 0 Å². The van der Waals surface area contributed by atoms with Gasteiger partial charge < -0.3 is 0 Å². The predicted octanol–water partition coefficient (Wildman–Crippen LogP) is 5.00. The Morgan fingerprint density at radius 3 is 1.10 bits per heavy atom. The number of carbonyl (C=O) groups is 2. The Kier molecular flexibility index (Phi) is 7.03. The van der Waals surface area contributed by atoms with Crippen LogP contribution in [0.2, 0.25) is 20.1 Å². The molecule has 0 N–H and O–H groups in total. The minimum atomic E-state index is -5.78. The van der Waals surface area contributed by atoms with Crippen LogP contribution in [0.1, 0.15) is 0 Å². The average molecular weight is 748 g/mol. The van der Waals surface area contributed by atoms with E-state index in [1.54, 1.807) is 48.5 Å². The van der Waals surface area contributed by atoms with Crippen molar-refractivity contribution in [3.63, 3.8) is 0 Å². The van der Waals surface area contributed by atoms with E-state index >= 15 is 0 Å². The zero-order valence-corrected chi connectivity index (χ0v) is 27.3. The fourth-order valence-electron chi connectivity index (χ4n) is 6.51. The van der Waals surface area contributed by atoms with Crippen LogP contribution in [0.5, 0.6) is 0 Å². The summed E-state index contributed by atoms with van der Waals surface area (Å²) in [6.45, 7) is 0. The Morgan fingerprint density at radius 2 is 0.810 bits per heavy atom. The van der Waals surface area contributed by atoms with E-state index in [4.69, 9.17) is 54.3 Å². The Balaban J connectivity index is 1.60. The Morgan fingerprint density at radius 1 is 0.524 bits per heavy atom. The van der Waals surface area contributed by atoms with Gasteiger partial charge in [-0.3, -0.25) is 0 Å². The van der Waals surface area contributed by atoms with Gasteiger partial charge in [-0.25, -0.2) is 0 Å². The Hall–Kier alpha value is -2.34. The molecule has 10 heteroatoms. The fourth-order valence-corrected chi connectivity index (χ4v) is 22.8. The molecule has 7 rings (SSSR count). The van der Waals surface area contributed by atoms with Crippen LogP contribution in [0.15, 0.2) is 109 Å². The number of nitrogens with zero attached hydrogens (tertiary/aromatic N) is 1. The van der Waals surface area contributed by atoms with Crippen LogP contribution in [-0.2, 0) is 17.4 Å². The van der Waals surface area contributed by atoms with Gasteiger partial charge in [-0.05, 0) is 0 Å². The second kappa shape index (κ2) is 10.4. The zero-order valence-electron chi connectivity index (χ0n) is 21.7. The first kappa shape index (κ1) is 28.4. The second-order valence-electron chi connectivity index (χ2n) is 10.5. The van der Waals surface area contributed by atoms with Gasteiger partial charge in [-0.2, -0.15) is 0 Å². The minimum absolute atomic E-state index is 0.425. The number of halogens is 4. The van der Waals surface area contributed by atoms with E-state index in [9.17, 15) is 9.59 Å². The molecule has 3 aliphatic heterocycles. The molecular weight excluding hydrogens is 726 g/mol. The van der Waals surface area contributed by atoms with E-state index in [1.165, 1.54) is 0 Å². The van der Waals surface area contributed by atoms with Gasteiger partial charge in [-0.1, -0.05) is 0 Å². The van der Waals surface area contributed by atoms with Gasteiger partial charge in [0.15, 0.2) is 0 Å². The van der Waals surface area contributed by atoms with Crippen molar-refractivity contribution in [2.45, 2.75) is 12.2 Å². The maximum atomic E-state index is 14.2. The van der Waals surface area contributed by atoms with Gasteiger partial charge in [0.05, 0.1) is 0 Å². The summed E-state index contributed by atoms with van der Waals surface area (Å²) in [4.78, 5) is 28.3. The SMILES string of the molecule is O=C1C2C(C(=O)N1[O][Sb]([c]1ccc(Cl)cc1)([c]1ccc(Cl)cc1)([c]1ccc(Cl)cc1)[c]1ccc(Cl)cc1)[C@H]1C=C[C@@H]2O1. The topological polar surface area (TPSA) is 55.8 Å². The van der Waals surface area contributed by atoms with Crippen LogP contribution < -0.4 is 14.0 Å². The van der Waals surface area contributed by atoms with Crippen molar-refractivity contribution in [1.82, 2.24) is 5.06 Å². The van der Waals surface area contributed by atoms with Crippen molar-refractivity contribution >= 4 is 90.1 Å². The molecule has 2 amide bonds. The fraction of sp³-hybridized carbons (Fsp3) is 0.125. The number of ether oxygens (including phenoxy) is 1. The number of hydrogen-bond donors (Lipinski definition) is 0. The van der Waals surface area contributed by atoms with Crippen LogP contribution in [-0.4, -0.2) is 46.9 Å². The van der Waals surface area contributed by atoms with Crippen molar-refractivity contribution in [2.24, 2.45) is 11.8 Å². The molecule has 2 fully saturated rings. The third kappa shape index (κ3) is 3.99. The van der Waals surface area contributed by atoms with E-state index in [1.807, 2.05) is 60.7 Å². The molecule has 212 valence electrons. The average Bonchev–Trinajstić information content (AvgIpc) is 3.68. The number of benzene rings is 4. The molecule has 0 aromatic heterocycles. The molecule has 2 unspecified atom stereocenters. The summed E-state index contributed by atoms with van der Waals surface area (Å²) in [5.41, 5.74) is 0. The normalized spacial score (nSPS) is 23.7. The summed E-state index contributed by atoms with van der Waals surface area (Å²) in [5, 5.41) is 3.12. The first-order valence-electron chi connectivity index (χ1n) is 13.2.